The smallest absolute Gasteiger partial charge is 0.254 e. The van der Waals surface area contributed by atoms with Crippen molar-refractivity contribution in [2.75, 3.05) is 32.0 Å². The van der Waals surface area contributed by atoms with Gasteiger partial charge in [0.05, 0.1) is 13.2 Å². The highest BCUT2D eigenvalue weighted by molar-refractivity contribution is 5.75. The Hall–Kier alpha value is -1.86. The number of rotatable bonds is 3. The molecule has 2 rings (SSSR count). The Bertz CT molecular complexity index is 479. The Morgan fingerprint density at radius 2 is 2.11 bits per heavy atom. The molecule has 0 aromatic carbocycles. The van der Waals surface area contributed by atoms with E-state index < -0.39 is 0 Å². The SMILES string of the molecule is Nc1ccc(=O)n(CC(=O)NN2CCOCC2)c1. The van der Waals surface area contributed by atoms with Crippen LogP contribution in [-0.4, -0.2) is 41.8 Å². The first kappa shape index (κ1) is 12.6. The summed E-state index contributed by atoms with van der Waals surface area (Å²) in [4.78, 5) is 23.2. The second-order valence-electron chi connectivity index (χ2n) is 4.06. The van der Waals surface area contributed by atoms with Gasteiger partial charge in [-0.25, -0.2) is 5.01 Å². The van der Waals surface area contributed by atoms with Gasteiger partial charge >= 0.3 is 0 Å². The number of hydrazine groups is 1. The maximum atomic E-state index is 11.8. The number of anilines is 1. The minimum absolute atomic E-state index is 0.0404. The number of aromatic nitrogens is 1. The van der Waals surface area contributed by atoms with E-state index in [1.807, 2.05) is 0 Å². The number of morpholine rings is 1. The summed E-state index contributed by atoms with van der Waals surface area (Å²) >= 11 is 0. The molecule has 1 amide bonds. The fourth-order valence-corrected chi connectivity index (χ4v) is 1.71. The standard InChI is InChI=1S/C11H16N4O3/c12-9-1-2-11(17)14(7-9)8-10(16)13-15-3-5-18-6-4-15/h1-2,7H,3-6,8,12H2,(H,13,16). The van der Waals surface area contributed by atoms with E-state index >= 15 is 0 Å². The van der Waals surface area contributed by atoms with Crippen LogP contribution in [-0.2, 0) is 16.1 Å². The third-order valence-electron chi connectivity index (χ3n) is 2.61. The van der Waals surface area contributed by atoms with Crippen molar-refractivity contribution in [2.45, 2.75) is 6.54 Å². The fourth-order valence-electron chi connectivity index (χ4n) is 1.71. The minimum atomic E-state index is -0.249. The van der Waals surface area contributed by atoms with Gasteiger partial charge in [-0.15, -0.1) is 0 Å². The summed E-state index contributed by atoms with van der Waals surface area (Å²) in [5, 5.41) is 1.78. The average Bonchev–Trinajstić information content (AvgIpc) is 2.35. The number of carbonyl (C=O) groups excluding carboxylic acids is 1. The van der Waals surface area contributed by atoms with Crippen LogP contribution >= 0.6 is 0 Å². The molecule has 1 aromatic heterocycles. The summed E-state index contributed by atoms with van der Waals surface area (Å²) in [7, 11) is 0. The Morgan fingerprint density at radius 3 is 2.83 bits per heavy atom. The molecule has 0 spiro atoms. The molecule has 1 saturated heterocycles. The third kappa shape index (κ3) is 3.31. The number of nitrogen functional groups attached to an aromatic ring is 1. The largest absolute Gasteiger partial charge is 0.398 e. The van der Waals surface area contributed by atoms with Crippen molar-refractivity contribution in [1.29, 1.82) is 0 Å². The molecular weight excluding hydrogens is 236 g/mol. The van der Waals surface area contributed by atoms with Crippen molar-refractivity contribution in [3.63, 3.8) is 0 Å². The quantitative estimate of drug-likeness (QED) is 0.705. The van der Waals surface area contributed by atoms with Gasteiger partial charge in [-0.3, -0.25) is 15.0 Å². The average molecular weight is 252 g/mol. The lowest BCUT2D eigenvalue weighted by atomic mass is 10.4. The molecule has 18 heavy (non-hydrogen) atoms. The lowest BCUT2D eigenvalue weighted by Crippen LogP contribution is -2.49. The van der Waals surface area contributed by atoms with Gasteiger partial charge in [0, 0.05) is 31.0 Å². The molecule has 1 aliphatic heterocycles. The van der Waals surface area contributed by atoms with Crippen molar-refractivity contribution in [2.24, 2.45) is 0 Å². The number of amides is 1. The molecule has 2 heterocycles. The van der Waals surface area contributed by atoms with Crippen LogP contribution in [0.2, 0.25) is 0 Å². The summed E-state index contributed by atoms with van der Waals surface area (Å²) in [5.41, 5.74) is 8.50. The molecule has 3 N–H and O–H groups in total. The van der Waals surface area contributed by atoms with Crippen molar-refractivity contribution in [3.05, 3.63) is 28.7 Å². The third-order valence-corrected chi connectivity index (χ3v) is 2.61. The minimum Gasteiger partial charge on any atom is -0.398 e. The Kier molecular flexibility index (Phi) is 3.96. The van der Waals surface area contributed by atoms with Crippen LogP contribution in [0.5, 0.6) is 0 Å². The molecule has 98 valence electrons. The van der Waals surface area contributed by atoms with Gasteiger partial charge < -0.3 is 15.0 Å². The zero-order valence-electron chi connectivity index (χ0n) is 9.96. The summed E-state index contributed by atoms with van der Waals surface area (Å²) in [6, 6.07) is 2.86. The second-order valence-corrected chi connectivity index (χ2v) is 4.06. The van der Waals surface area contributed by atoms with E-state index in [0.717, 1.165) is 0 Å². The molecular formula is C11H16N4O3. The van der Waals surface area contributed by atoms with E-state index in [4.69, 9.17) is 10.5 Å². The molecule has 0 atom stereocenters. The normalized spacial score (nSPS) is 16.4. The van der Waals surface area contributed by atoms with Crippen molar-refractivity contribution in [3.8, 4) is 0 Å². The molecule has 1 fully saturated rings. The van der Waals surface area contributed by atoms with Gasteiger partial charge in [-0.2, -0.15) is 0 Å². The highest BCUT2D eigenvalue weighted by Gasteiger charge is 2.13. The van der Waals surface area contributed by atoms with E-state index in [9.17, 15) is 9.59 Å². The van der Waals surface area contributed by atoms with Gasteiger partial charge in [0.1, 0.15) is 6.54 Å². The van der Waals surface area contributed by atoms with Crippen LogP contribution in [0, 0.1) is 0 Å². The number of hydrogen-bond acceptors (Lipinski definition) is 5. The topological polar surface area (TPSA) is 89.6 Å². The number of nitrogens with one attached hydrogen (secondary N) is 1. The lowest BCUT2D eigenvalue weighted by Gasteiger charge is -2.27. The van der Waals surface area contributed by atoms with Crippen molar-refractivity contribution < 1.29 is 9.53 Å². The zero-order chi connectivity index (χ0) is 13.0. The number of nitrogens with two attached hydrogens (primary N) is 1. The number of ether oxygens (including phenoxy) is 1. The number of hydrogen-bond donors (Lipinski definition) is 2. The lowest BCUT2D eigenvalue weighted by molar-refractivity contribution is -0.128. The van der Waals surface area contributed by atoms with Gasteiger partial charge in [0.15, 0.2) is 0 Å². The molecule has 0 aliphatic carbocycles. The first-order valence-corrected chi connectivity index (χ1v) is 5.73. The number of pyridine rings is 1. The maximum absolute atomic E-state index is 11.8. The molecule has 0 saturated carbocycles. The summed E-state index contributed by atoms with van der Waals surface area (Å²) < 4.78 is 6.45. The zero-order valence-corrected chi connectivity index (χ0v) is 9.96. The Balaban J connectivity index is 1.94. The molecule has 0 bridgehead atoms. The summed E-state index contributed by atoms with van der Waals surface area (Å²) in [6.45, 7) is 2.45. The van der Waals surface area contributed by atoms with E-state index in [-0.39, 0.29) is 18.0 Å². The number of nitrogens with zero attached hydrogens (tertiary/aromatic N) is 2. The summed E-state index contributed by atoms with van der Waals surface area (Å²) in [5.74, 6) is -0.246. The molecule has 7 heteroatoms. The van der Waals surface area contributed by atoms with Crippen LogP contribution < -0.4 is 16.7 Å². The first-order chi connectivity index (χ1) is 8.65. The van der Waals surface area contributed by atoms with Gasteiger partial charge in [-0.1, -0.05) is 0 Å². The predicted molar refractivity (Wildman–Crippen MR) is 65.6 cm³/mol. The highest BCUT2D eigenvalue weighted by atomic mass is 16.5. The van der Waals surface area contributed by atoms with E-state index in [2.05, 4.69) is 5.43 Å². The fraction of sp³-hybridized carbons (Fsp3) is 0.455. The Labute approximate surface area is 104 Å². The van der Waals surface area contributed by atoms with Crippen LogP contribution in [0.3, 0.4) is 0 Å². The van der Waals surface area contributed by atoms with Crippen LogP contribution in [0.1, 0.15) is 0 Å². The molecule has 1 aromatic rings. The number of carbonyl (C=O) groups is 1. The van der Waals surface area contributed by atoms with Crippen molar-refractivity contribution >= 4 is 11.6 Å². The molecule has 0 radical (unpaired) electrons. The van der Waals surface area contributed by atoms with E-state index in [1.165, 1.54) is 22.9 Å². The molecule has 0 unspecified atom stereocenters. The predicted octanol–water partition coefficient (Wildman–Crippen LogP) is -1.21. The maximum Gasteiger partial charge on any atom is 0.254 e. The molecule has 1 aliphatic rings. The highest BCUT2D eigenvalue weighted by Crippen LogP contribution is 1.96. The van der Waals surface area contributed by atoms with Gasteiger partial charge in [0.25, 0.3) is 11.5 Å². The summed E-state index contributed by atoms with van der Waals surface area (Å²) in [6.07, 6.45) is 1.46. The van der Waals surface area contributed by atoms with E-state index in [1.54, 1.807) is 5.01 Å². The van der Waals surface area contributed by atoms with Gasteiger partial charge in [-0.05, 0) is 6.07 Å². The van der Waals surface area contributed by atoms with Crippen LogP contribution in [0.15, 0.2) is 23.1 Å². The second kappa shape index (κ2) is 5.65. The Morgan fingerprint density at radius 1 is 1.39 bits per heavy atom. The first-order valence-electron chi connectivity index (χ1n) is 5.73. The molecule has 7 nitrogen and oxygen atoms in total. The van der Waals surface area contributed by atoms with Crippen molar-refractivity contribution in [1.82, 2.24) is 15.0 Å². The monoisotopic (exact) mass is 252 g/mol. The van der Waals surface area contributed by atoms with Gasteiger partial charge in [0.2, 0.25) is 0 Å². The van der Waals surface area contributed by atoms with Crippen LogP contribution in [0.25, 0.3) is 0 Å². The van der Waals surface area contributed by atoms with Crippen LogP contribution in [0.4, 0.5) is 5.69 Å². The van der Waals surface area contributed by atoms with E-state index in [0.29, 0.717) is 32.0 Å².